The highest BCUT2D eigenvalue weighted by atomic mass is 16.1. The second-order valence-electron chi connectivity index (χ2n) is 7.35. The van der Waals surface area contributed by atoms with Crippen LogP contribution in [0.2, 0.25) is 0 Å². The Kier molecular flexibility index (Phi) is 3.97. The maximum Gasteiger partial charge on any atom is 0.273 e. The predicted molar refractivity (Wildman–Crippen MR) is 108 cm³/mol. The Hall–Kier alpha value is -3.01. The third-order valence-corrected chi connectivity index (χ3v) is 5.69. The number of benzene rings is 1. The molecule has 1 aliphatic carbocycles. The molecule has 1 aliphatic rings. The maximum absolute atomic E-state index is 12.4. The molecule has 5 rings (SSSR count). The van der Waals surface area contributed by atoms with Crippen LogP contribution in [-0.4, -0.2) is 14.4 Å². The summed E-state index contributed by atoms with van der Waals surface area (Å²) < 4.78 is 2.12. The molecule has 27 heavy (non-hydrogen) atoms. The van der Waals surface area contributed by atoms with Crippen molar-refractivity contribution in [1.82, 2.24) is 14.4 Å². The van der Waals surface area contributed by atoms with Crippen LogP contribution in [0.25, 0.3) is 27.7 Å². The highest BCUT2D eigenvalue weighted by Gasteiger charge is 2.20. The molecule has 0 saturated heterocycles. The quantitative estimate of drug-likeness (QED) is 0.478. The Labute approximate surface area is 157 Å². The minimum atomic E-state index is -0.152. The fourth-order valence-corrected chi connectivity index (χ4v) is 4.38. The van der Waals surface area contributed by atoms with Crippen LogP contribution in [0.5, 0.6) is 0 Å². The van der Waals surface area contributed by atoms with Crippen LogP contribution in [0, 0.1) is 0 Å². The molecule has 1 aromatic carbocycles. The number of hydrogen-bond acceptors (Lipinski definition) is 3. The Morgan fingerprint density at radius 2 is 1.74 bits per heavy atom. The molecule has 0 radical (unpaired) electrons. The van der Waals surface area contributed by atoms with Crippen molar-refractivity contribution in [3.8, 4) is 11.3 Å². The smallest absolute Gasteiger partial charge is 0.273 e. The number of hydrogen-bond donors (Lipinski definition) is 0. The number of rotatable bonds is 2. The van der Waals surface area contributed by atoms with E-state index in [0.29, 0.717) is 5.92 Å². The molecule has 0 spiro atoms. The molecule has 4 heteroatoms. The Balaban J connectivity index is 1.78. The lowest BCUT2D eigenvalue weighted by Gasteiger charge is -2.23. The fourth-order valence-electron chi connectivity index (χ4n) is 4.38. The largest absolute Gasteiger partial charge is 0.304 e. The Bertz CT molecular complexity index is 1170. The minimum Gasteiger partial charge on any atom is -0.304 e. The van der Waals surface area contributed by atoms with Gasteiger partial charge in [-0.3, -0.25) is 9.78 Å². The van der Waals surface area contributed by atoms with E-state index in [4.69, 9.17) is 0 Å². The summed E-state index contributed by atoms with van der Waals surface area (Å²) in [7, 11) is 0. The van der Waals surface area contributed by atoms with Crippen LogP contribution in [-0.2, 0) is 0 Å². The van der Waals surface area contributed by atoms with Gasteiger partial charge in [-0.1, -0.05) is 49.6 Å². The van der Waals surface area contributed by atoms with Gasteiger partial charge in [-0.05, 0) is 30.9 Å². The summed E-state index contributed by atoms with van der Waals surface area (Å²) >= 11 is 0. The lowest BCUT2D eigenvalue weighted by atomic mass is 9.86. The van der Waals surface area contributed by atoms with Crippen LogP contribution in [0.4, 0.5) is 0 Å². The first-order valence-electron chi connectivity index (χ1n) is 9.68. The lowest BCUT2D eigenvalue weighted by Crippen LogP contribution is -2.17. The van der Waals surface area contributed by atoms with Gasteiger partial charge in [0.05, 0.1) is 5.69 Å². The van der Waals surface area contributed by atoms with Crippen LogP contribution in [0.3, 0.4) is 0 Å². The van der Waals surface area contributed by atoms with Gasteiger partial charge in [-0.25, -0.2) is 0 Å². The van der Waals surface area contributed by atoms with Gasteiger partial charge in [0, 0.05) is 40.5 Å². The highest BCUT2D eigenvalue weighted by Crippen LogP contribution is 2.34. The van der Waals surface area contributed by atoms with Gasteiger partial charge in [-0.2, -0.15) is 4.98 Å². The van der Waals surface area contributed by atoms with E-state index in [2.05, 4.69) is 38.8 Å². The molecule has 0 aliphatic heterocycles. The first kappa shape index (κ1) is 16.2. The zero-order chi connectivity index (χ0) is 18.2. The maximum atomic E-state index is 12.4. The summed E-state index contributed by atoms with van der Waals surface area (Å²) in [6, 6.07) is 16.0. The summed E-state index contributed by atoms with van der Waals surface area (Å²) in [4.78, 5) is 21.4. The SMILES string of the molecule is O=c1cc(C2CCCCC2)n2ccc3c(-c4ccccc4)nccc3c2n1. The summed E-state index contributed by atoms with van der Waals surface area (Å²) in [5.74, 6) is 0.440. The molecule has 1 fully saturated rings. The van der Waals surface area contributed by atoms with Gasteiger partial charge in [0.15, 0.2) is 0 Å². The zero-order valence-electron chi connectivity index (χ0n) is 15.1. The van der Waals surface area contributed by atoms with Gasteiger partial charge in [-0.15, -0.1) is 0 Å². The molecular weight excluding hydrogens is 334 g/mol. The van der Waals surface area contributed by atoms with Crippen molar-refractivity contribution in [2.24, 2.45) is 0 Å². The first-order chi connectivity index (χ1) is 13.3. The summed E-state index contributed by atoms with van der Waals surface area (Å²) in [6.07, 6.45) is 9.93. The molecule has 4 aromatic rings. The zero-order valence-corrected chi connectivity index (χ0v) is 15.1. The Morgan fingerprint density at radius 1 is 0.926 bits per heavy atom. The second kappa shape index (κ2) is 6.62. The summed E-state index contributed by atoms with van der Waals surface area (Å²) in [6.45, 7) is 0. The van der Waals surface area contributed by atoms with Crippen molar-refractivity contribution in [2.45, 2.75) is 38.0 Å². The summed E-state index contributed by atoms with van der Waals surface area (Å²) in [5.41, 5.74) is 3.68. The molecular formula is C23H21N3O. The molecule has 0 bridgehead atoms. The van der Waals surface area contributed by atoms with E-state index in [1.165, 1.54) is 19.3 Å². The molecule has 0 N–H and O–H groups in total. The van der Waals surface area contributed by atoms with Crippen molar-refractivity contribution in [2.75, 3.05) is 0 Å². The number of pyridine rings is 2. The van der Waals surface area contributed by atoms with Crippen molar-refractivity contribution in [3.63, 3.8) is 0 Å². The molecule has 0 atom stereocenters. The monoisotopic (exact) mass is 355 g/mol. The van der Waals surface area contributed by atoms with Crippen LogP contribution < -0.4 is 5.56 Å². The third kappa shape index (κ3) is 2.81. The highest BCUT2D eigenvalue weighted by molar-refractivity contribution is 6.01. The fraction of sp³-hybridized carbons (Fsp3) is 0.261. The molecule has 134 valence electrons. The molecule has 3 heterocycles. The van der Waals surface area contributed by atoms with E-state index in [1.807, 2.05) is 30.5 Å². The average molecular weight is 355 g/mol. The number of fused-ring (bicyclic) bond motifs is 3. The van der Waals surface area contributed by atoms with Gasteiger partial charge in [0.1, 0.15) is 5.65 Å². The lowest BCUT2D eigenvalue weighted by molar-refractivity contribution is 0.433. The predicted octanol–water partition coefficient (Wildman–Crippen LogP) is 4.96. The topological polar surface area (TPSA) is 47.3 Å². The van der Waals surface area contributed by atoms with Crippen LogP contribution >= 0.6 is 0 Å². The minimum absolute atomic E-state index is 0.152. The van der Waals surface area contributed by atoms with E-state index in [0.717, 1.165) is 46.2 Å². The average Bonchev–Trinajstić information content (AvgIpc) is 2.74. The van der Waals surface area contributed by atoms with Crippen LogP contribution in [0.15, 0.2) is 65.7 Å². The van der Waals surface area contributed by atoms with E-state index >= 15 is 0 Å². The Morgan fingerprint density at radius 3 is 2.56 bits per heavy atom. The van der Waals surface area contributed by atoms with E-state index < -0.39 is 0 Å². The molecule has 3 aromatic heterocycles. The number of aromatic nitrogens is 3. The van der Waals surface area contributed by atoms with Gasteiger partial charge < -0.3 is 4.40 Å². The molecule has 1 saturated carbocycles. The summed E-state index contributed by atoms with van der Waals surface area (Å²) in [5, 5.41) is 2.00. The second-order valence-corrected chi connectivity index (χ2v) is 7.35. The van der Waals surface area contributed by atoms with Gasteiger partial charge in [0.25, 0.3) is 5.56 Å². The number of nitrogens with zero attached hydrogens (tertiary/aromatic N) is 3. The van der Waals surface area contributed by atoms with Crippen molar-refractivity contribution in [3.05, 3.63) is 77.0 Å². The van der Waals surface area contributed by atoms with Gasteiger partial charge in [0.2, 0.25) is 0 Å². The molecule has 4 nitrogen and oxygen atoms in total. The van der Waals surface area contributed by atoms with Crippen molar-refractivity contribution in [1.29, 1.82) is 0 Å². The standard InChI is InChI=1S/C23H21N3O/c27-21-15-20(16-7-3-1-4-8-16)26-14-12-18-19(23(26)25-21)11-13-24-22(18)17-9-5-2-6-10-17/h2,5-6,9-16H,1,3-4,7-8H2. The first-order valence-corrected chi connectivity index (χ1v) is 9.68. The van der Waals surface area contributed by atoms with E-state index in [1.54, 1.807) is 6.07 Å². The van der Waals surface area contributed by atoms with Crippen molar-refractivity contribution >= 4 is 16.4 Å². The normalized spacial score (nSPS) is 15.4. The molecule has 0 amide bonds. The van der Waals surface area contributed by atoms with E-state index in [-0.39, 0.29) is 5.56 Å². The molecule has 0 unspecified atom stereocenters. The third-order valence-electron chi connectivity index (χ3n) is 5.69. The van der Waals surface area contributed by atoms with Crippen molar-refractivity contribution < 1.29 is 0 Å². The van der Waals surface area contributed by atoms with Crippen LogP contribution in [0.1, 0.15) is 43.7 Å². The van der Waals surface area contributed by atoms with Gasteiger partial charge >= 0.3 is 0 Å². The van der Waals surface area contributed by atoms with E-state index in [9.17, 15) is 4.79 Å².